The lowest BCUT2D eigenvalue weighted by Crippen LogP contribution is -2.48. The summed E-state index contributed by atoms with van der Waals surface area (Å²) in [6.07, 6.45) is 9.60. The Kier molecular flexibility index (Phi) is 3.44. The average molecular weight is 300 g/mol. The number of esters is 1. The van der Waals surface area contributed by atoms with E-state index in [1.807, 2.05) is 0 Å². The number of rotatable bonds is 4. The number of hydrogen-bond acceptors (Lipinski definition) is 4. The highest BCUT2D eigenvalue weighted by Gasteiger charge is 2.51. The van der Waals surface area contributed by atoms with Gasteiger partial charge in [0.05, 0.1) is 17.9 Å². The minimum Gasteiger partial charge on any atom is -0.461 e. The van der Waals surface area contributed by atoms with Crippen molar-refractivity contribution in [2.75, 3.05) is 6.61 Å². The minimum atomic E-state index is -0.244. The summed E-state index contributed by atoms with van der Waals surface area (Å²) in [4.78, 5) is 16.4. The Morgan fingerprint density at radius 3 is 2.32 bits per heavy atom. The van der Waals surface area contributed by atoms with Crippen LogP contribution < -0.4 is 5.73 Å². The number of nitrogens with two attached hydrogens (primary N) is 1. The van der Waals surface area contributed by atoms with E-state index in [0.29, 0.717) is 18.7 Å². The first-order valence-electron chi connectivity index (χ1n) is 8.48. The molecule has 4 heteroatoms. The van der Waals surface area contributed by atoms with Crippen molar-refractivity contribution in [3.63, 3.8) is 0 Å². The molecule has 1 aromatic heterocycles. The van der Waals surface area contributed by atoms with Crippen LogP contribution in [-0.4, -0.2) is 17.6 Å². The molecule has 118 valence electrons. The lowest BCUT2D eigenvalue weighted by molar-refractivity contribution is -0.0848. The predicted molar refractivity (Wildman–Crippen MR) is 83.0 cm³/mol. The number of nitrogens with zero attached hydrogens (tertiary/aromatic N) is 1. The highest BCUT2D eigenvalue weighted by atomic mass is 16.5. The van der Waals surface area contributed by atoms with Gasteiger partial charge in [-0.05, 0) is 68.4 Å². The Morgan fingerprint density at radius 2 is 1.82 bits per heavy atom. The minimum absolute atomic E-state index is 0.244. The first kappa shape index (κ1) is 14.2. The Morgan fingerprint density at radius 1 is 1.18 bits per heavy atom. The van der Waals surface area contributed by atoms with Crippen LogP contribution in [0.25, 0.3) is 0 Å². The number of aromatic nitrogens is 1. The topological polar surface area (TPSA) is 65.2 Å². The molecule has 5 rings (SSSR count). The first-order chi connectivity index (χ1) is 10.7. The van der Waals surface area contributed by atoms with Gasteiger partial charge in [0.1, 0.15) is 0 Å². The Bertz CT molecular complexity index is 532. The zero-order valence-corrected chi connectivity index (χ0v) is 13.0. The van der Waals surface area contributed by atoms with Crippen LogP contribution in [0.1, 0.15) is 54.6 Å². The van der Waals surface area contributed by atoms with Crippen molar-refractivity contribution >= 4 is 5.97 Å². The predicted octanol–water partition coefficient (Wildman–Crippen LogP) is 2.91. The fourth-order valence-corrected chi connectivity index (χ4v) is 5.43. The summed E-state index contributed by atoms with van der Waals surface area (Å²) in [6, 6.07) is 3.55. The lowest BCUT2D eigenvalue weighted by atomic mass is 9.50. The molecule has 0 saturated heterocycles. The molecule has 4 aliphatic rings. The second-order valence-corrected chi connectivity index (χ2v) is 7.74. The van der Waals surface area contributed by atoms with Gasteiger partial charge >= 0.3 is 5.97 Å². The fraction of sp³-hybridized carbons (Fsp3) is 0.667. The molecule has 0 aromatic carbocycles. The van der Waals surface area contributed by atoms with Crippen LogP contribution in [0.15, 0.2) is 18.3 Å². The molecule has 0 amide bonds. The quantitative estimate of drug-likeness (QED) is 0.868. The molecular weight excluding hydrogens is 276 g/mol. The van der Waals surface area contributed by atoms with Crippen molar-refractivity contribution < 1.29 is 9.53 Å². The summed E-state index contributed by atoms with van der Waals surface area (Å²) in [5.74, 6) is 2.41. The molecule has 0 aliphatic heterocycles. The zero-order valence-electron chi connectivity index (χ0n) is 13.0. The average Bonchev–Trinajstić information content (AvgIpc) is 2.51. The molecule has 22 heavy (non-hydrogen) atoms. The normalized spacial score (nSPS) is 35.6. The van der Waals surface area contributed by atoms with E-state index in [-0.39, 0.29) is 11.4 Å². The molecule has 0 unspecified atom stereocenters. The van der Waals surface area contributed by atoms with Crippen molar-refractivity contribution in [3.05, 3.63) is 29.6 Å². The van der Waals surface area contributed by atoms with Gasteiger partial charge in [0.25, 0.3) is 0 Å². The van der Waals surface area contributed by atoms with Gasteiger partial charge in [-0.15, -0.1) is 0 Å². The van der Waals surface area contributed by atoms with E-state index in [1.54, 1.807) is 18.3 Å². The standard InChI is InChI=1S/C18H24N2O2/c19-9-16-2-1-15(10-20-16)17(21)22-11-18-6-12-3-13(7-18)5-14(4-12)8-18/h1-2,10,12-14H,3-9,11,19H2. The van der Waals surface area contributed by atoms with Crippen molar-refractivity contribution in [1.29, 1.82) is 0 Å². The van der Waals surface area contributed by atoms with Crippen LogP contribution in [0, 0.1) is 23.2 Å². The van der Waals surface area contributed by atoms with E-state index < -0.39 is 0 Å². The van der Waals surface area contributed by atoms with E-state index in [4.69, 9.17) is 10.5 Å². The van der Waals surface area contributed by atoms with Gasteiger partial charge in [0, 0.05) is 18.2 Å². The van der Waals surface area contributed by atoms with Gasteiger partial charge < -0.3 is 10.5 Å². The van der Waals surface area contributed by atoms with Crippen LogP contribution >= 0.6 is 0 Å². The molecule has 0 atom stereocenters. The van der Waals surface area contributed by atoms with Crippen LogP contribution in [0.3, 0.4) is 0 Å². The maximum absolute atomic E-state index is 12.2. The summed E-state index contributed by atoms with van der Waals surface area (Å²) >= 11 is 0. The van der Waals surface area contributed by atoms with Gasteiger partial charge in [-0.1, -0.05) is 0 Å². The van der Waals surface area contributed by atoms with E-state index in [0.717, 1.165) is 23.4 Å². The van der Waals surface area contributed by atoms with Gasteiger partial charge in [0.15, 0.2) is 0 Å². The highest BCUT2D eigenvalue weighted by molar-refractivity contribution is 5.89. The molecule has 2 N–H and O–H groups in total. The second kappa shape index (κ2) is 5.34. The van der Waals surface area contributed by atoms with Crippen LogP contribution in [0.2, 0.25) is 0 Å². The number of carbonyl (C=O) groups is 1. The summed E-state index contributed by atoms with van der Waals surface area (Å²) < 4.78 is 5.68. The molecule has 4 nitrogen and oxygen atoms in total. The van der Waals surface area contributed by atoms with Crippen LogP contribution in [0.5, 0.6) is 0 Å². The zero-order chi connectivity index (χ0) is 15.2. The summed E-state index contributed by atoms with van der Waals surface area (Å²) in [7, 11) is 0. The molecule has 0 spiro atoms. The summed E-state index contributed by atoms with van der Waals surface area (Å²) in [5, 5.41) is 0. The van der Waals surface area contributed by atoms with E-state index in [1.165, 1.54) is 38.5 Å². The molecule has 1 aromatic rings. The lowest BCUT2D eigenvalue weighted by Gasteiger charge is -2.56. The molecule has 4 saturated carbocycles. The van der Waals surface area contributed by atoms with Crippen molar-refractivity contribution in [3.8, 4) is 0 Å². The third-order valence-electron chi connectivity index (χ3n) is 5.94. The fourth-order valence-electron chi connectivity index (χ4n) is 5.43. The maximum Gasteiger partial charge on any atom is 0.339 e. The summed E-state index contributed by atoms with van der Waals surface area (Å²) in [5.41, 5.74) is 7.12. The van der Waals surface area contributed by atoms with Crippen LogP contribution in [-0.2, 0) is 11.3 Å². The third-order valence-corrected chi connectivity index (χ3v) is 5.94. The highest BCUT2D eigenvalue weighted by Crippen LogP contribution is 2.60. The molecule has 4 fully saturated rings. The number of ether oxygens (including phenoxy) is 1. The van der Waals surface area contributed by atoms with E-state index >= 15 is 0 Å². The molecule has 1 heterocycles. The largest absolute Gasteiger partial charge is 0.461 e. The van der Waals surface area contributed by atoms with Crippen LogP contribution in [0.4, 0.5) is 0 Å². The van der Waals surface area contributed by atoms with Crippen molar-refractivity contribution in [2.24, 2.45) is 28.9 Å². The van der Waals surface area contributed by atoms with E-state index in [9.17, 15) is 4.79 Å². The Hall–Kier alpha value is -1.42. The van der Waals surface area contributed by atoms with Gasteiger partial charge in [-0.25, -0.2) is 4.79 Å². The molecule has 4 bridgehead atoms. The molecule has 0 radical (unpaired) electrons. The van der Waals surface area contributed by atoms with Gasteiger partial charge in [0.2, 0.25) is 0 Å². The summed E-state index contributed by atoms with van der Waals surface area (Å²) in [6.45, 7) is 0.983. The Balaban J connectivity index is 1.40. The first-order valence-corrected chi connectivity index (χ1v) is 8.48. The Labute approximate surface area is 131 Å². The third kappa shape index (κ3) is 2.54. The maximum atomic E-state index is 12.2. The number of carbonyl (C=O) groups excluding carboxylic acids is 1. The van der Waals surface area contributed by atoms with E-state index in [2.05, 4.69) is 4.98 Å². The number of pyridine rings is 1. The molecule has 4 aliphatic carbocycles. The second-order valence-electron chi connectivity index (χ2n) is 7.74. The number of hydrogen-bond donors (Lipinski definition) is 1. The van der Waals surface area contributed by atoms with Crippen molar-refractivity contribution in [2.45, 2.75) is 45.1 Å². The van der Waals surface area contributed by atoms with Gasteiger partial charge in [-0.2, -0.15) is 0 Å². The monoisotopic (exact) mass is 300 g/mol. The van der Waals surface area contributed by atoms with Gasteiger partial charge in [-0.3, -0.25) is 4.98 Å². The van der Waals surface area contributed by atoms with Crippen molar-refractivity contribution in [1.82, 2.24) is 4.98 Å². The molecular formula is C18H24N2O2. The SMILES string of the molecule is NCc1ccc(C(=O)OCC23CC4CC(CC(C4)C2)C3)cn1. The smallest absolute Gasteiger partial charge is 0.339 e.